The monoisotopic (exact) mass is 869 g/mol. The number of fused-ring (bicyclic) bond motifs is 4. The van der Waals surface area contributed by atoms with Crippen molar-refractivity contribution in [3.05, 3.63) is 132 Å². The van der Waals surface area contributed by atoms with E-state index >= 15 is 4.79 Å². The van der Waals surface area contributed by atoms with Crippen LogP contribution in [-0.2, 0) is 30.8 Å². The van der Waals surface area contributed by atoms with Crippen LogP contribution in [0.5, 0.6) is 5.75 Å². The number of imide groups is 2. The number of aromatic hydroxyl groups is 1. The number of benzene rings is 3. The molecule has 18 heteroatoms. The van der Waals surface area contributed by atoms with Crippen LogP contribution in [0.2, 0.25) is 10.0 Å². The van der Waals surface area contributed by atoms with Crippen molar-refractivity contribution in [2.75, 3.05) is 10.3 Å². The maximum Gasteiger partial charge on any atom is 0.417 e. The number of phenolic OH excluding ortho intramolecular Hbond substituents is 1. The number of nitrogens with zero attached hydrogens (tertiary/aromatic N) is 4. The molecule has 3 aromatic carbocycles. The highest BCUT2D eigenvalue weighted by Gasteiger charge is 2.70. The average molecular weight is 871 g/mol. The van der Waals surface area contributed by atoms with E-state index in [1.165, 1.54) is 42.5 Å². The fourth-order valence-electron chi connectivity index (χ4n) is 8.86. The Kier molecular flexibility index (Phi) is 9.01. The van der Waals surface area contributed by atoms with Gasteiger partial charge in [0.1, 0.15) is 5.75 Å². The fraction of sp³-hybridized carbons (Fsp3) is 0.237. The lowest BCUT2D eigenvalue weighted by atomic mass is 9.49. The van der Waals surface area contributed by atoms with E-state index in [-0.39, 0.29) is 35.5 Å². The van der Waals surface area contributed by atoms with Crippen molar-refractivity contribution < 1.29 is 42.4 Å². The minimum Gasteiger partial charge on any atom is -0.508 e. The third-order valence-corrected chi connectivity index (χ3v) is 12.2. The first-order valence-electron chi connectivity index (χ1n) is 17.0. The lowest BCUT2D eigenvalue weighted by Crippen LogP contribution is -2.53. The minimum absolute atomic E-state index is 0.0480. The molecule has 56 heavy (non-hydrogen) atoms. The van der Waals surface area contributed by atoms with Crippen molar-refractivity contribution in [1.82, 2.24) is 9.99 Å². The third kappa shape index (κ3) is 5.67. The van der Waals surface area contributed by atoms with Gasteiger partial charge in [-0.2, -0.15) is 18.2 Å². The van der Waals surface area contributed by atoms with Crippen LogP contribution in [0, 0.1) is 33.8 Å². The van der Waals surface area contributed by atoms with Crippen LogP contribution in [0.15, 0.2) is 95.1 Å². The summed E-state index contributed by atoms with van der Waals surface area (Å²) in [6, 6.07) is 16.3. The maximum absolute atomic E-state index is 15.3. The Morgan fingerprint density at radius 1 is 0.946 bits per heavy atom. The summed E-state index contributed by atoms with van der Waals surface area (Å²) in [5.74, 6) is -8.68. The highest BCUT2D eigenvalue weighted by molar-refractivity contribution is 9.10. The molecule has 0 bridgehead atoms. The molecule has 0 unspecified atom stereocenters. The van der Waals surface area contributed by atoms with Crippen molar-refractivity contribution in [2.45, 2.75) is 30.4 Å². The molecule has 4 amide bonds. The summed E-state index contributed by atoms with van der Waals surface area (Å²) in [5, 5.41) is 23.3. The number of nitro groups is 1. The molecule has 1 aromatic heterocycles. The number of nitro benzene ring substituents is 1. The number of pyridine rings is 1. The van der Waals surface area contributed by atoms with E-state index in [2.05, 4.69) is 26.3 Å². The van der Waals surface area contributed by atoms with Crippen LogP contribution in [0.25, 0.3) is 0 Å². The number of amides is 4. The van der Waals surface area contributed by atoms with Crippen LogP contribution in [0.1, 0.15) is 35.4 Å². The Morgan fingerprint density at radius 3 is 2.29 bits per heavy atom. The Labute approximate surface area is 333 Å². The molecular formula is C38H25BrCl2F3N5O7. The highest BCUT2D eigenvalue weighted by atomic mass is 79.9. The smallest absolute Gasteiger partial charge is 0.417 e. The molecule has 6 atom stereocenters. The molecule has 1 saturated carbocycles. The van der Waals surface area contributed by atoms with Gasteiger partial charge in [0.2, 0.25) is 11.8 Å². The zero-order chi connectivity index (χ0) is 40.0. The average Bonchev–Trinajstić information content (AvgIpc) is 3.54. The molecule has 2 aliphatic heterocycles. The summed E-state index contributed by atoms with van der Waals surface area (Å²) >= 11 is 16.0. The molecule has 0 radical (unpaired) electrons. The summed E-state index contributed by atoms with van der Waals surface area (Å²) in [5.41, 5.74) is 0.457. The number of phenols is 1. The van der Waals surface area contributed by atoms with Gasteiger partial charge >= 0.3 is 6.18 Å². The number of aromatic nitrogens is 1. The van der Waals surface area contributed by atoms with Crippen LogP contribution in [0.4, 0.5) is 30.4 Å². The molecule has 2 saturated heterocycles. The molecule has 3 fully saturated rings. The van der Waals surface area contributed by atoms with E-state index in [1.807, 2.05) is 0 Å². The third-order valence-electron chi connectivity index (χ3n) is 11.2. The molecule has 8 rings (SSSR count). The SMILES string of the molecule is O=C1[C@@H]2C[C@@H]3C(=CC[C@@H]4C(=O)N(c5ccc([N+](=O)[O-])cc5)C(=O)[C@@H]43)[C@H](c3cc(Br)ccc3O)[C@]2(c2ccc(Cl)cc2)C(=O)N1Nc1ncc(C(F)(F)F)cc1Cl. The van der Waals surface area contributed by atoms with Gasteiger partial charge in [0.25, 0.3) is 17.5 Å². The van der Waals surface area contributed by atoms with Crippen LogP contribution < -0.4 is 10.3 Å². The van der Waals surface area contributed by atoms with Crippen molar-refractivity contribution in [1.29, 1.82) is 0 Å². The molecule has 2 N–H and O–H groups in total. The number of carbonyl (C=O) groups excluding carboxylic acids is 4. The number of carbonyl (C=O) groups is 4. The van der Waals surface area contributed by atoms with Gasteiger partial charge in [-0.25, -0.2) is 4.98 Å². The van der Waals surface area contributed by atoms with Gasteiger partial charge < -0.3 is 5.11 Å². The number of non-ortho nitro benzene ring substituents is 1. The number of halogens is 6. The Hall–Kier alpha value is -5.32. The van der Waals surface area contributed by atoms with Gasteiger partial charge in [0.15, 0.2) is 5.82 Å². The summed E-state index contributed by atoms with van der Waals surface area (Å²) in [4.78, 5) is 74.0. The van der Waals surface area contributed by atoms with Gasteiger partial charge in [0.05, 0.1) is 44.4 Å². The number of hydrogen-bond donors (Lipinski definition) is 2. The number of anilines is 2. The van der Waals surface area contributed by atoms with Gasteiger partial charge in [-0.3, -0.25) is 39.6 Å². The van der Waals surface area contributed by atoms with Crippen LogP contribution in [-0.4, -0.2) is 43.7 Å². The summed E-state index contributed by atoms with van der Waals surface area (Å²) in [6.07, 6.45) is -2.62. The number of rotatable bonds is 6. The Morgan fingerprint density at radius 2 is 1.64 bits per heavy atom. The molecule has 0 spiro atoms. The van der Waals surface area contributed by atoms with E-state index in [9.17, 15) is 42.8 Å². The lowest BCUT2D eigenvalue weighted by molar-refractivity contribution is -0.384. The van der Waals surface area contributed by atoms with Gasteiger partial charge in [-0.15, -0.1) is 0 Å². The molecule has 2 aliphatic carbocycles. The number of allylic oxidation sites excluding steroid dienone is 2. The Bertz CT molecular complexity index is 2420. The predicted molar refractivity (Wildman–Crippen MR) is 198 cm³/mol. The van der Waals surface area contributed by atoms with Crippen molar-refractivity contribution in [3.63, 3.8) is 0 Å². The maximum atomic E-state index is 15.3. The van der Waals surface area contributed by atoms with Crippen molar-refractivity contribution in [3.8, 4) is 5.75 Å². The van der Waals surface area contributed by atoms with Crippen molar-refractivity contribution in [2.24, 2.45) is 23.7 Å². The van der Waals surface area contributed by atoms with Gasteiger partial charge in [-0.1, -0.05) is 62.9 Å². The number of nitrogens with one attached hydrogen (secondary N) is 1. The molecular weight excluding hydrogens is 846 g/mol. The Balaban J connectivity index is 1.30. The minimum atomic E-state index is -4.78. The number of hydrogen-bond acceptors (Lipinski definition) is 9. The van der Waals surface area contributed by atoms with E-state index in [1.54, 1.807) is 30.3 Å². The second-order valence-electron chi connectivity index (χ2n) is 13.9. The van der Waals surface area contributed by atoms with E-state index in [0.717, 1.165) is 4.90 Å². The van der Waals surface area contributed by atoms with Gasteiger partial charge in [0, 0.05) is 39.3 Å². The second-order valence-corrected chi connectivity index (χ2v) is 15.7. The molecule has 286 valence electrons. The first kappa shape index (κ1) is 37.6. The first-order valence-corrected chi connectivity index (χ1v) is 18.5. The number of alkyl halides is 3. The quantitative estimate of drug-likeness (QED) is 0.0847. The summed E-state index contributed by atoms with van der Waals surface area (Å²) in [6.45, 7) is 0. The normalized spacial score (nSPS) is 25.8. The zero-order valence-electron chi connectivity index (χ0n) is 28.3. The van der Waals surface area contributed by atoms with E-state index < -0.39 is 86.1 Å². The molecule has 3 heterocycles. The predicted octanol–water partition coefficient (Wildman–Crippen LogP) is 7.97. The first-order chi connectivity index (χ1) is 26.5. The standard InChI is InChI=1S/C38H25BrCl2F3N5O7/c39-19-3-12-29(50)26(14-19)31-23-10-11-24-30(35(53)47(33(24)51)21-6-8-22(9-7-21)49(55)56)25(23)15-27-34(52)48(36(54)37(27,31)17-1-4-20(40)5-2-17)46-32-28(41)13-18(16-45-32)38(42,43)44/h1-10,12-14,16,24-25,27,30-31,50H,11,15H2,(H,45,46)/t24-,25+,27-,30-,31+,37+/m0/s1. The summed E-state index contributed by atoms with van der Waals surface area (Å²) in [7, 11) is 0. The second kappa shape index (κ2) is 13.4. The largest absolute Gasteiger partial charge is 0.508 e. The number of hydrazine groups is 1. The fourth-order valence-corrected chi connectivity index (χ4v) is 9.58. The van der Waals surface area contributed by atoms with Gasteiger partial charge in [-0.05, 0) is 72.9 Å². The van der Waals surface area contributed by atoms with Crippen LogP contribution >= 0.6 is 39.1 Å². The topological polar surface area (TPSA) is 163 Å². The zero-order valence-corrected chi connectivity index (χ0v) is 31.4. The molecule has 4 aromatic rings. The molecule has 12 nitrogen and oxygen atoms in total. The summed E-state index contributed by atoms with van der Waals surface area (Å²) < 4.78 is 40.9. The van der Waals surface area contributed by atoms with Crippen LogP contribution in [0.3, 0.4) is 0 Å². The van der Waals surface area contributed by atoms with Crippen molar-refractivity contribution >= 4 is 80.0 Å². The lowest BCUT2D eigenvalue weighted by Gasteiger charge is -2.50. The van der Waals surface area contributed by atoms with E-state index in [0.29, 0.717) is 37.9 Å². The highest BCUT2D eigenvalue weighted by Crippen LogP contribution is 2.65. The van der Waals surface area contributed by atoms with E-state index in [4.69, 9.17) is 23.2 Å². The molecule has 4 aliphatic rings.